The largest absolute Gasteiger partial charge is 0.481 e. The van der Waals surface area contributed by atoms with E-state index in [-0.39, 0.29) is 18.0 Å². The molecule has 2 atom stereocenters. The number of aryl methyl sites for hydroxylation is 2. The van der Waals surface area contributed by atoms with Crippen LogP contribution in [0.5, 0.6) is 5.88 Å². The smallest absolute Gasteiger partial charge is 0.243 e. The Bertz CT molecular complexity index is 745. The zero-order valence-corrected chi connectivity index (χ0v) is 15.1. The van der Waals surface area contributed by atoms with Crippen molar-refractivity contribution in [3.63, 3.8) is 0 Å². The highest BCUT2D eigenvalue weighted by molar-refractivity contribution is 5.93. The van der Waals surface area contributed by atoms with E-state index >= 15 is 0 Å². The van der Waals surface area contributed by atoms with Crippen LogP contribution in [-0.2, 0) is 11.8 Å². The Labute approximate surface area is 147 Å². The van der Waals surface area contributed by atoms with Crippen LogP contribution >= 0.6 is 0 Å². The van der Waals surface area contributed by atoms with Crippen LogP contribution in [0.2, 0.25) is 0 Å². The Morgan fingerprint density at radius 3 is 2.80 bits per heavy atom. The van der Waals surface area contributed by atoms with Gasteiger partial charge < -0.3 is 4.74 Å². The van der Waals surface area contributed by atoms with Crippen molar-refractivity contribution >= 4 is 11.9 Å². The molecule has 0 unspecified atom stereocenters. The number of amides is 1. The van der Waals surface area contributed by atoms with E-state index < -0.39 is 0 Å². The van der Waals surface area contributed by atoms with Gasteiger partial charge in [0.1, 0.15) is 0 Å². The topological polar surface area (TPSA) is 85.2 Å². The Balaban J connectivity index is 1.80. The minimum Gasteiger partial charge on any atom is -0.481 e. The molecular formula is C17H24N6O2. The first-order chi connectivity index (χ1) is 12.0. The third-order valence-electron chi connectivity index (χ3n) is 4.71. The minimum absolute atomic E-state index is 0.112. The zero-order chi connectivity index (χ0) is 18.0. The second kappa shape index (κ2) is 7.18. The maximum atomic E-state index is 12.6. The molecule has 2 aromatic heterocycles. The lowest BCUT2D eigenvalue weighted by Gasteiger charge is -2.29. The van der Waals surface area contributed by atoms with Crippen molar-refractivity contribution in [2.45, 2.75) is 38.8 Å². The van der Waals surface area contributed by atoms with Gasteiger partial charge >= 0.3 is 0 Å². The molecule has 8 nitrogen and oxygen atoms in total. The molecule has 0 aliphatic carbocycles. The fourth-order valence-corrected chi connectivity index (χ4v) is 3.57. The maximum Gasteiger partial charge on any atom is 0.243 e. The van der Waals surface area contributed by atoms with Crippen LogP contribution in [-0.4, -0.2) is 50.3 Å². The summed E-state index contributed by atoms with van der Waals surface area (Å²) in [5.41, 5.74) is 2.01. The van der Waals surface area contributed by atoms with Crippen molar-refractivity contribution in [1.29, 1.82) is 0 Å². The van der Waals surface area contributed by atoms with E-state index in [0.717, 1.165) is 36.5 Å². The quantitative estimate of drug-likeness (QED) is 0.888. The maximum absolute atomic E-state index is 12.6. The van der Waals surface area contributed by atoms with Crippen LogP contribution in [0.4, 0.5) is 5.95 Å². The zero-order valence-electron chi connectivity index (χ0n) is 15.1. The van der Waals surface area contributed by atoms with E-state index in [1.807, 2.05) is 20.9 Å². The van der Waals surface area contributed by atoms with E-state index in [4.69, 9.17) is 4.74 Å². The van der Waals surface area contributed by atoms with Gasteiger partial charge in [-0.1, -0.05) is 0 Å². The second-order valence-corrected chi connectivity index (χ2v) is 6.27. The van der Waals surface area contributed by atoms with Gasteiger partial charge in [0.25, 0.3) is 0 Å². The highest BCUT2D eigenvalue weighted by Gasteiger charge is 2.37. The van der Waals surface area contributed by atoms with Gasteiger partial charge in [0.15, 0.2) is 0 Å². The van der Waals surface area contributed by atoms with Gasteiger partial charge in [-0.05, 0) is 39.3 Å². The number of hydrogen-bond donors (Lipinski definition) is 1. The number of aromatic nitrogens is 4. The summed E-state index contributed by atoms with van der Waals surface area (Å²) in [6.45, 7) is 4.75. The molecule has 0 aromatic carbocycles. The molecule has 134 valence electrons. The summed E-state index contributed by atoms with van der Waals surface area (Å²) in [6.07, 6.45) is 5.22. The van der Waals surface area contributed by atoms with Crippen molar-refractivity contribution in [3.8, 4) is 5.88 Å². The van der Waals surface area contributed by atoms with E-state index in [1.165, 1.54) is 0 Å². The lowest BCUT2D eigenvalue weighted by molar-refractivity contribution is -0.121. The number of hydrogen-bond acceptors (Lipinski definition) is 6. The highest BCUT2D eigenvalue weighted by atomic mass is 16.5. The van der Waals surface area contributed by atoms with E-state index in [2.05, 4.69) is 25.3 Å². The Kier molecular flexibility index (Phi) is 4.98. The number of nitrogens with zero attached hydrogens (tertiary/aromatic N) is 5. The molecule has 0 spiro atoms. The van der Waals surface area contributed by atoms with Crippen LogP contribution in [0.3, 0.4) is 0 Å². The standard InChI is InChI=1S/C17H24N6O2/c1-11-14(16(25-4)22(3)21-11)13-7-5-10-23(13)12(2)15(24)20-17-18-8-6-9-19-17/h6,8-9,12-13H,5,7,10H2,1-4H3,(H,18,19,20,24)/t12-,13+/m0/s1. The Morgan fingerprint density at radius 2 is 2.12 bits per heavy atom. The summed E-state index contributed by atoms with van der Waals surface area (Å²) in [4.78, 5) is 22.9. The molecule has 2 aromatic rings. The van der Waals surface area contributed by atoms with E-state index in [1.54, 1.807) is 30.3 Å². The monoisotopic (exact) mass is 344 g/mol. The molecule has 0 bridgehead atoms. The van der Waals surface area contributed by atoms with Crippen LogP contribution < -0.4 is 10.1 Å². The number of carbonyl (C=O) groups is 1. The average Bonchev–Trinajstić information content (AvgIpc) is 3.18. The molecule has 0 saturated carbocycles. The predicted octanol–water partition coefficient (Wildman–Crippen LogP) is 1.69. The van der Waals surface area contributed by atoms with Crippen LogP contribution in [0.1, 0.15) is 37.1 Å². The number of likely N-dealkylation sites (tertiary alicyclic amines) is 1. The van der Waals surface area contributed by atoms with Crippen molar-refractivity contribution in [1.82, 2.24) is 24.6 Å². The first-order valence-corrected chi connectivity index (χ1v) is 8.44. The van der Waals surface area contributed by atoms with Gasteiger partial charge in [0.05, 0.1) is 24.4 Å². The lowest BCUT2D eigenvalue weighted by atomic mass is 10.0. The van der Waals surface area contributed by atoms with Gasteiger partial charge in [-0.15, -0.1) is 0 Å². The fourth-order valence-electron chi connectivity index (χ4n) is 3.57. The number of carbonyl (C=O) groups excluding carboxylic acids is 1. The first kappa shape index (κ1) is 17.3. The molecule has 25 heavy (non-hydrogen) atoms. The van der Waals surface area contributed by atoms with Crippen molar-refractivity contribution in [3.05, 3.63) is 29.7 Å². The SMILES string of the molecule is COc1c([C@H]2CCCN2[C@@H](C)C(=O)Nc2ncccn2)c(C)nn1C. The van der Waals surface area contributed by atoms with Gasteiger partial charge in [-0.25, -0.2) is 14.6 Å². The number of ether oxygens (including phenoxy) is 1. The normalized spacial score (nSPS) is 19.0. The van der Waals surface area contributed by atoms with Crippen molar-refractivity contribution in [2.24, 2.45) is 7.05 Å². The number of anilines is 1. The third-order valence-corrected chi connectivity index (χ3v) is 4.71. The predicted molar refractivity (Wildman–Crippen MR) is 93.3 cm³/mol. The molecule has 1 aliphatic rings. The molecule has 3 heterocycles. The molecule has 1 N–H and O–H groups in total. The Hall–Kier alpha value is -2.48. The van der Waals surface area contributed by atoms with Crippen molar-refractivity contribution in [2.75, 3.05) is 19.0 Å². The van der Waals surface area contributed by atoms with Gasteiger partial charge in [0.2, 0.25) is 17.7 Å². The molecule has 1 aliphatic heterocycles. The van der Waals surface area contributed by atoms with Gasteiger partial charge in [-0.3, -0.25) is 15.0 Å². The highest BCUT2D eigenvalue weighted by Crippen LogP contribution is 2.39. The summed E-state index contributed by atoms with van der Waals surface area (Å²) >= 11 is 0. The number of methoxy groups -OCH3 is 1. The molecule has 8 heteroatoms. The summed E-state index contributed by atoms with van der Waals surface area (Å²) in [5.74, 6) is 0.970. The number of nitrogens with one attached hydrogen (secondary N) is 1. The summed E-state index contributed by atoms with van der Waals surface area (Å²) < 4.78 is 7.30. The van der Waals surface area contributed by atoms with Crippen LogP contribution in [0, 0.1) is 6.92 Å². The number of rotatable bonds is 5. The lowest BCUT2D eigenvalue weighted by Crippen LogP contribution is -2.42. The van der Waals surface area contributed by atoms with E-state index in [9.17, 15) is 4.79 Å². The van der Waals surface area contributed by atoms with Gasteiger partial charge in [0, 0.05) is 25.5 Å². The fraction of sp³-hybridized carbons (Fsp3) is 0.529. The first-order valence-electron chi connectivity index (χ1n) is 8.44. The molecular weight excluding hydrogens is 320 g/mol. The van der Waals surface area contributed by atoms with Crippen LogP contribution in [0.25, 0.3) is 0 Å². The minimum atomic E-state index is -0.305. The average molecular weight is 344 g/mol. The molecule has 1 saturated heterocycles. The molecule has 1 amide bonds. The summed E-state index contributed by atoms with van der Waals surface area (Å²) in [7, 11) is 3.53. The molecule has 1 fully saturated rings. The van der Waals surface area contributed by atoms with Gasteiger partial charge in [-0.2, -0.15) is 5.10 Å². The van der Waals surface area contributed by atoms with Crippen molar-refractivity contribution < 1.29 is 9.53 Å². The summed E-state index contributed by atoms with van der Waals surface area (Å²) in [5, 5.41) is 7.26. The molecule has 3 rings (SSSR count). The van der Waals surface area contributed by atoms with E-state index in [0.29, 0.717) is 5.95 Å². The third kappa shape index (κ3) is 3.34. The summed E-state index contributed by atoms with van der Waals surface area (Å²) in [6, 6.07) is 1.52. The Morgan fingerprint density at radius 1 is 1.40 bits per heavy atom. The van der Waals surface area contributed by atoms with Crippen LogP contribution in [0.15, 0.2) is 18.5 Å². The second-order valence-electron chi connectivity index (χ2n) is 6.27. The molecule has 0 radical (unpaired) electrons.